The van der Waals surface area contributed by atoms with Gasteiger partial charge in [0.2, 0.25) is 0 Å². The fourth-order valence-corrected chi connectivity index (χ4v) is 3.05. The van der Waals surface area contributed by atoms with E-state index < -0.39 is 11.5 Å². The van der Waals surface area contributed by atoms with Gasteiger partial charge in [-0.1, -0.05) is 6.92 Å². The summed E-state index contributed by atoms with van der Waals surface area (Å²) in [4.78, 5) is 11.1. The Morgan fingerprint density at radius 2 is 2.36 bits per heavy atom. The fourth-order valence-electron chi connectivity index (χ4n) is 3.05. The molecule has 0 aromatic heterocycles. The van der Waals surface area contributed by atoms with Crippen molar-refractivity contribution in [1.82, 2.24) is 5.32 Å². The Labute approximate surface area is 83.9 Å². The van der Waals surface area contributed by atoms with Gasteiger partial charge in [-0.15, -0.1) is 0 Å². The molecule has 0 radical (unpaired) electrons. The van der Waals surface area contributed by atoms with Crippen molar-refractivity contribution in [3.8, 4) is 0 Å². The predicted octanol–water partition coefficient (Wildman–Crippen LogP) is 0.321. The standard InChI is InChI=1S/C10H18N2O2/c1-7-5-9(3-2-4-12-9)6-10(7,11)8(13)14/h7,12H,2-6,11H2,1H3,(H,13,14). The summed E-state index contributed by atoms with van der Waals surface area (Å²) < 4.78 is 0. The van der Waals surface area contributed by atoms with E-state index in [2.05, 4.69) is 5.32 Å². The molecule has 14 heavy (non-hydrogen) atoms. The molecule has 2 rings (SSSR count). The van der Waals surface area contributed by atoms with E-state index in [9.17, 15) is 4.79 Å². The highest BCUT2D eigenvalue weighted by Crippen LogP contribution is 2.45. The van der Waals surface area contributed by atoms with Crippen LogP contribution in [0, 0.1) is 5.92 Å². The Morgan fingerprint density at radius 1 is 1.64 bits per heavy atom. The molecule has 4 heteroatoms. The van der Waals surface area contributed by atoms with E-state index in [1.54, 1.807) is 0 Å². The lowest BCUT2D eigenvalue weighted by atomic mass is 9.89. The van der Waals surface area contributed by atoms with Crippen LogP contribution in [0.1, 0.15) is 32.6 Å². The van der Waals surface area contributed by atoms with Gasteiger partial charge in [-0.05, 0) is 38.1 Å². The minimum Gasteiger partial charge on any atom is -0.480 e. The van der Waals surface area contributed by atoms with E-state index in [1.807, 2.05) is 6.92 Å². The van der Waals surface area contributed by atoms with Crippen molar-refractivity contribution < 1.29 is 9.90 Å². The minimum absolute atomic E-state index is 0.0204. The van der Waals surface area contributed by atoms with Gasteiger partial charge in [-0.3, -0.25) is 4.79 Å². The number of carboxylic acids is 1. The van der Waals surface area contributed by atoms with E-state index in [4.69, 9.17) is 10.8 Å². The van der Waals surface area contributed by atoms with Gasteiger partial charge in [0.25, 0.3) is 0 Å². The molecular formula is C10H18N2O2. The summed E-state index contributed by atoms with van der Waals surface area (Å²) in [6, 6.07) is 0. The number of nitrogens with one attached hydrogen (secondary N) is 1. The van der Waals surface area contributed by atoms with Gasteiger partial charge in [0.15, 0.2) is 0 Å². The van der Waals surface area contributed by atoms with E-state index in [1.165, 1.54) is 0 Å². The van der Waals surface area contributed by atoms with Crippen LogP contribution < -0.4 is 11.1 Å². The van der Waals surface area contributed by atoms with Gasteiger partial charge >= 0.3 is 5.97 Å². The molecule has 0 aromatic carbocycles. The molecule has 0 bridgehead atoms. The number of carbonyl (C=O) groups is 1. The molecule has 0 aromatic rings. The van der Waals surface area contributed by atoms with Crippen molar-refractivity contribution >= 4 is 5.97 Å². The van der Waals surface area contributed by atoms with Gasteiger partial charge in [-0.25, -0.2) is 0 Å². The Hall–Kier alpha value is -0.610. The molecule has 1 aliphatic heterocycles. The van der Waals surface area contributed by atoms with Gasteiger partial charge < -0.3 is 16.2 Å². The van der Waals surface area contributed by atoms with Crippen LogP contribution in [0.2, 0.25) is 0 Å². The van der Waals surface area contributed by atoms with Gasteiger partial charge in [0.1, 0.15) is 5.54 Å². The predicted molar refractivity (Wildman–Crippen MR) is 52.9 cm³/mol. The third-order valence-electron chi connectivity index (χ3n) is 3.94. The van der Waals surface area contributed by atoms with Crippen molar-refractivity contribution in [2.24, 2.45) is 11.7 Å². The summed E-state index contributed by atoms with van der Waals surface area (Å²) in [5.74, 6) is -0.791. The van der Waals surface area contributed by atoms with Crippen molar-refractivity contribution in [3.63, 3.8) is 0 Å². The summed E-state index contributed by atoms with van der Waals surface area (Å²) in [5, 5.41) is 12.6. The van der Waals surface area contributed by atoms with Crippen molar-refractivity contribution in [2.75, 3.05) is 6.54 Å². The van der Waals surface area contributed by atoms with Crippen LogP contribution in [0.5, 0.6) is 0 Å². The average molecular weight is 198 g/mol. The molecule has 1 saturated heterocycles. The Kier molecular flexibility index (Phi) is 2.08. The second-order valence-corrected chi connectivity index (χ2v) is 4.94. The molecule has 1 aliphatic carbocycles. The van der Waals surface area contributed by atoms with Crippen LogP contribution in [0.3, 0.4) is 0 Å². The second kappa shape index (κ2) is 2.94. The Balaban J connectivity index is 2.21. The maximum absolute atomic E-state index is 11.1. The first kappa shape index (κ1) is 9.93. The van der Waals surface area contributed by atoms with Gasteiger partial charge in [0.05, 0.1) is 0 Å². The first-order chi connectivity index (χ1) is 6.49. The topological polar surface area (TPSA) is 75.3 Å². The maximum Gasteiger partial charge on any atom is 0.324 e. The number of rotatable bonds is 1. The van der Waals surface area contributed by atoms with Crippen LogP contribution in [0.25, 0.3) is 0 Å². The highest BCUT2D eigenvalue weighted by Gasteiger charge is 2.55. The molecular weight excluding hydrogens is 180 g/mol. The molecule has 1 heterocycles. The van der Waals surface area contributed by atoms with Crippen LogP contribution >= 0.6 is 0 Å². The first-order valence-corrected chi connectivity index (χ1v) is 5.26. The highest BCUT2D eigenvalue weighted by molar-refractivity contribution is 5.79. The van der Waals surface area contributed by atoms with E-state index in [0.717, 1.165) is 25.8 Å². The monoisotopic (exact) mass is 198 g/mol. The largest absolute Gasteiger partial charge is 0.480 e. The molecule has 2 fully saturated rings. The van der Waals surface area contributed by atoms with E-state index >= 15 is 0 Å². The SMILES string of the molecule is CC1CC2(CCCN2)CC1(N)C(=O)O. The number of carboxylic acid groups (broad SMARTS) is 1. The van der Waals surface area contributed by atoms with Crippen LogP contribution in [0.15, 0.2) is 0 Å². The van der Waals surface area contributed by atoms with Crippen LogP contribution in [0.4, 0.5) is 0 Å². The summed E-state index contributed by atoms with van der Waals surface area (Å²) in [7, 11) is 0. The third kappa shape index (κ3) is 1.25. The highest BCUT2D eigenvalue weighted by atomic mass is 16.4. The zero-order valence-corrected chi connectivity index (χ0v) is 8.55. The Bertz CT molecular complexity index is 261. The third-order valence-corrected chi connectivity index (χ3v) is 3.94. The smallest absolute Gasteiger partial charge is 0.324 e. The van der Waals surface area contributed by atoms with Crippen LogP contribution in [-0.4, -0.2) is 28.7 Å². The van der Waals surface area contributed by atoms with Crippen molar-refractivity contribution in [2.45, 2.75) is 43.7 Å². The molecule has 80 valence electrons. The molecule has 4 N–H and O–H groups in total. The minimum atomic E-state index is -1.02. The molecule has 4 nitrogen and oxygen atoms in total. The van der Waals surface area contributed by atoms with Crippen LogP contribution in [-0.2, 0) is 4.79 Å². The summed E-state index contributed by atoms with van der Waals surface area (Å²) in [5.41, 5.74) is 4.96. The quantitative estimate of drug-likeness (QED) is 0.567. The summed E-state index contributed by atoms with van der Waals surface area (Å²) >= 11 is 0. The first-order valence-electron chi connectivity index (χ1n) is 5.26. The lowest BCUT2D eigenvalue weighted by molar-refractivity contribution is -0.144. The molecule has 1 saturated carbocycles. The molecule has 1 spiro atoms. The zero-order valence-electron chi connectivity index (χ0n) is 8.55. The molecule has 3 atom stereocenters. The summed E-state index contributed by atoms with van der Waals surface area (Å²) in [6.45, 7) is 2.95. The normalized spacial score (nSPS) is 47.4. The number of hydrogen-bond acceptors (Lipinski definition) is 3. The van der Waals surface area contributed by atoms with E-state index in [-0.39, 0.29) is 11.5 Å². The molecule has 0 amide bonds. The Morgan fingerprint density at radius 3 is 2.79 bits per heavy atom. The van der Waals surface area contributed by atoms with E-state index in [0.29, 0.717) is 6.42 Å². The van der Waals surface area contributed by atoms with Gasteiger partial charge in [0, 0.05) is 5.54 Å². The number of nitrogens with two attached hydrogens (primary N) is 1. The number of aliphatic carboxylic acids is 1. The maximum atomic E-state index is 11.1. The number of hydrogen-bond donors (Lipinski definition) is 3. The molecule has 2 aliphatic rings. The van der Waals surface area contributed by atoms with Crippen molar-refractivity contribution in [1.29, 1.82) is 0 Å². The summed E-state index contributed by atoms with van der Waals surface area (Å²) in [6.07, 6.45) is 3.69. The lowest BCUT2D eigenvalue weighted by Crippen LogP contribution is -2.52. The second-order valence-electron chi connectivity index (χ2n) is 4.94. The lowest BCUT2D eigenvalue weighted by Gasteiger charge is -2.26. The zero-order chi connectivity index (χ0) is 10.4. The molecule has 3 unspecified atom stereocenters. The van der Waals surface area contributed by atoms with Crippen molar-refractivity contribution in [3.05, 3.63) is 0 Å². The fraction of sp³-hybridized carbons (Fsp3) is 0.900. The van der Waals surface area contributed by atoms with Gasteiger partial charge in [-0.2, -0.15) is 0 Å². The average Bonchev–Trinajstić information content (AvgIpc) is 2.61.